The molecule has 0 radical (unpaired) electrons. The summed E-state index contributed by atoms with van der Waals surface area (Å²) in [6.07, 6.45) is 4.39. The zero-order chi connectivity index (χ0) is 11.5. The van der Waals surface area contributed by atoms with E-state index in [1.807, 2.05) is 30.3 Å². The molecule has 1 atom stereocenters. The third-order valence-electron chi connectivity index (χ3n) is 3.08. The van der Waals surface area contributed by atoms with Crippen molar-refractivity contribution in [3.8, 4) is 5.75 Å². The second kappa shape index (κ2) is 4.46. The van der Waals surface area contributed by atoms with Gasteiger partial charge in [-0.25, -0.2) is 0 Å². The SMILES string of the molecule is C1=CC(COc2ccccc2)c2ccccc21. The van der Waals surface area contributed by atoms with Crippen LogP contribution in [0.3, 0.4) is 0 Å². The first-order valence-corrected chi connectivity index (χ1v) is 5.88. The van der Waals surface area contributed by atoms with Gasteiger partial charge in [0.05, 0.1) is 6.61 Å². The minimum absolute atomic E-state index is 0.381. The van der Waals surface area contributed by atoms with Crippen LogP contribution in [0.4, 0.5) is 0 Å². The summed E-state index contributed by atoms with van der Waals surface area (Å²) in [5, 5.41) is 0. The maximum absolute atomic E-state index is 5.80. The first-order chi connectivity index (χ1) is 8.43. The summed E-state index contributed by atoms with van der Waals surface area (Å²) in [6.45, 7) is 0.706. The van der Waals surface area contributed by atoms with Crippen LogP contribution in [0.15, 0.2) is 60.7 Å². The highest BCUT2D eigenvalue weighted by atomic mass is 16.5. The molecule has 0 aromatic heterocycles. The fraction of sp³-hybridized carbons (Fsp3) is 0.125. The fourth-order valence-electron chi connectivity index (χ4n) is 2.17. The predicted octanol–water partition coefficient (Wildman–Crippen LogP) is 3.88. The van der Waals surface area contributed by atoms with Gasteiger partial charge in [0.15, 0.2) is 0 Å². The molecule has 1 heteroatoms. The van der Waals surface area contributed by atoms with Crippen LogP contribution in [-0.2, 0) is 0 Å². The first kappa shape index (κ1) is 10.2. The van der Waals surface area contributed by atoms with Crippen LogP contribution in [0.1, 0.15) is 17.0 Å². The lowest BCUT2D eigenvalue weighted by Crippen LogP contribution is -2.06. The number of para-hydroxylation sites is 1. The molecular formula is C16H14O. The van der Waals surface area contributed by atoms with E-state index in [4.69, 9.17) is 4.74 Å². The lowest BCUT2D eigenvalue weighted by atomic mass is 10.0. The summed E-state index contributed by atoms with van der Waals surface area (Å²) in [5.74, 6) is 1.32. The van der Waals surface area contributed by atoms with E-state index in [1.165, 1.54) is 11.1 Å². The molecule has 2 aromatic carbocycles. The van der Waals surface area contributed by atoms with Crippen molar-refractivity contribution in [3.63, 3.8) is 0 Å². The van der Waals surface area contributed by atoms with Gasteiger partial charge in [0.1, 0.15) is 5.75 Å². The van der Waals surface area contributed by atoms with E-state index in [2.05, 4.69) is 36.4 Å². The number of benzene rings is 2. The second-order valence-corrected chi connectivity index (χ2v) is 4.22. The number of rotatable bonds is 3. The Kier molecular flexibility index (Phi) is 2.66. The molecule has 0 saturated heterocycles. The maximum Gasteiger partial charge on any atom is 0.119 e. The predicted molar refractivity (Wildman–Crippen MR) is 70.2 cm³/mol. The standard InChI is InChI=1S/C16H14O/c1-2-7-15(8-3-1)17-12-14-11-10-13-6-4-5-9-16(13)14/h1-11,14H,12H2. The van der Waals surface area contributed by atoms with Crippen molar-refractivity contribution in [2.45, 2.75) is 5.92 Å². The summed E-state index contributed by atoms with van der Waals surface area (Å²) >= 11 is 0. The third kappa shape index (κ3) is 2.09. The van der Waals surface area contributed by atoms with Crippen molar-refractivity contribution >= 4 is 6.08 Å². The Morgan fingerprint density at radius 3 is 2.53 bits per heavy atom. The highest BCUT2D eigenvalue weighted by Gasteiger charge is 2.16. The van der Waals surface area contributed by atoms with Crippen LogP contribution in [0.2, 0.25) is 0 Å². The lowest BCUT2D eigenvalue weighted by Gasteiger charge is -2.12. The van der Waals surface area contributed by atoms with Gasteiger partial charge in [0.2, 0.25) is 0 Å². The summed E-state index contributed by atoms with van der Waals surface area (Å²) in [4.78, 5) is 0. The summed E-state index contributed by atoms with van der Waals surface area (Å²) in [7, 11) is 0. The van der Waals surface area contributed by atoms with E-state index in [0.29, 0.717) is 12.5 Å². The van der Waals surface area contributed by atoms with Gasteiger partial charge in [-0.05, 0) is 23.3 Å². The van der Waals surface area contributed by atoms with Gasteiger partial charge in [0, 0.05) is 5.92 Å². The molecule has 1 aliphatic rings. The summed E-state index contributed by atoms with van der Waals surface area (Å²) in [6, 6.07) is 18.4. The average molecular weight is 222 g/mol. The summed E-state index contributed by atoms with van der Waals surface area (Å²) in [5.41, 5.74) is 2.68. The average Bonchev–Trinajstić information content (AvgIpc) is 2.81. The van der Waals surface area contributed by atoms with Crippen molar-refractivity contribution in [1.29, 1.82) is 0 Å². The molecule has 0 spiro atoms. The Hall–Kier alpha value is -2.02. The number of hydrogen-bond acceptors (Lipinski definition) is 1. The molecule has 0 amide bonds. The number of hydrogen-bond donors (Lipinski definition) is 0. The lowest BCUT2D eigenvalue weighted by molar-refractivity contribution is 0.307. The number of fused-ring (bicyclic) bond motifs is 1. The molecule has 0 bridgehead atoms. The first-order valence-electron chi connectivity index (χ1n) is 5.88. The van der Waals surface area contributed by atoms with Gasteiger partial charge in [-0.3, -0.25) is 0 Å². The van der Waals surface area contributed by atoms with Gasteiger partial charge in [0.25, 0.3) is 0 Å². The van der Waals surface area contributed by atoms with Crippen molar-refractivity contribution in [2.75, 3.05) is 6.61 Å². The molecule has 2 aromatic rings. The highest BCUT2D eigenvalue weighted by Crippen LogP contribution is 2.30. The molecule has 1 unspecified atom stereocenters. The van der Waals surface area contributed by atoms with Crippen LogP contribution in [0.25, 0.3) is 6.08 Å². The largest absolute Gasteiger partial charge is 0.493 e. The van der Waals surface area contributed by atoms with Gasteiger partial charge >= 0.3 is 0 Å². The Bertz CT molecular complexity index is 528. The molecule has 0 heterocycles. The maximum atomic E-state index is 5.80. The van der Waals surface area contributed by atoms with Gasteiger partial charge in [-0.2, -0.15) is 0 Å². The quantitative estimate of drug-likeness (QED) is 0.765. The smallest absolute Gasteiger partial charge is 0.119 e. The van der Waals surface area contributed by atoms with E-state index in [9.17, 15) is 0 Å². The topological polar surface area (TPSA) is 9.23 Å². The van der Waals surface area contributed by atoms with E-state index in [0.717, 1.165) is 5.75 Å². The molecule has 0 fully saturated rings. The van der Waals surface area contributed by atoms with Crippen LogP contribution in [0.5, 0.6) is 5.75 Å². The molecule has 84 valence electrons. The Labute approximate surface area is 101 Å². The van der Waals surface area contributed by atoms with Crippen molar-refractivity contribution in [2.24, 2.45) is 0 Å². The molecule has 1 nitrogen and oxygen atoms in total. The Balaban J connectivity index is 1.70. The van der Waals surface area contributed by atoms with E-state index < -0.39 is 0 Å². The zero-order valence-corrected chi connectivity index (χ0v) is 9.54. The van der Waals surface area contributed by atoms with Crippen LogP contribution in [-0.4, -0.2) is 6.61 Å². The minimum atomic E-state index is 0.381. The van der Waals surface area contributed by atoms with Crippen molar-refractivity contribution in [1.82, 2.24) is 0 Å². The molecule has 1 aliphatic carbocycles. The van der Waals surface area contributed by atoms with Crippen molar-refractivity contribution in [3.05, 3.63) is 71.8 Å². The van der Waals surface area contributed by atoms with Gasteiger partial charge < -0.3 is 4.74 Å². The molecule has 3 rings (SSSR count). The number of ether oxygens (including phenoxy) is 1. The van der Waals surface area contributed by atoms with E-state index in [-0.39, 0.29) is 0 Å². The molecule has 17 heavy (non-hydrogen) atoms. The zero-order valence-electron chi connectivity index (χ0n) is 9.54. The Morgan fingerprint density at radius 2 is 1.65 bits per heavy atom. The fourth-order valence-corrected chi connectivity index (χ4v) is 2.17. The molecule has 0 saturated carbocycles. The molecular weight excluding hydrogens is 208 g/mol. The van der Waals surface area contributed by atoms with Gasteiger partial charge in [-0.15, -0.1) is 0 Å². The van der Waals surface area contributed by atoms with E-state index in [1.54, 1.807) is 0 Å². The summed E-state index contributed by atoms with van der Waals surface area (Å²) < 4.78 is 5.80. The Morgan fingerprint density at radius 1 is 0.882 bits per heavy atom. The van der Waals surface area contributed by atoms with Crippen LogP contribution >= 0.6 is 0 Å². The minimum Gasteiger partial charge on any atom is -0.493 e. The molecule has 0 N–H and O–H groups in total. The van der Waals surface area contributed by atoms with Crippen molar-refractivity contribution < 1.29 is 4.74 Å². The van der Waals surface area contributed by atoms with Gasteiger partial charge in [-0.1, -0.05) is 54.6 Å². The highest BCUT2D eigenvalue weighted by molar-refractivity contribution is 5.62. The van der Waals surface area contributed by atoms with Crippen LogP contribution in [0, 0.1) is 0 Å². The monoisotopic (exact) mass is 222 g/mol. The van der Waals surface area contributed by atoms with E-state index >= 15 is 0 Å². The normalized spacial score (nSPS) is 16.8. The third-order valence-corrected chi connectivity index (χ3v) is 3.08. The van der Waals surface area contributed by atoms with Crippen LogP contribution < -0.4 is 4.74 Å². The second-order valence-electron chi connectivity index (χ2n) is 4.22. The molecule has 0 aliphatic heterocycles.